The molecule has 0 spiro atoms. The molecule has 24 heavy (non-hydrogen) atoms. The maximum atomic E-state index is 12.4. The van der Waals surface area contributed by atoms with Crippen LogP contribution in [-0.2, 0) is 14.6 Å². The number of fused-ring (bicyclic) bond motifs is 1. The molecule has 8 nitrogen and oxygen atoms in total. The smallest absolute Gasteiger partial charge is 0.278 e. The Morgan fingerprint density at radius 3 is 2.88 bits per heavy atom. The highest BCUT2D eigenvalue weighted by Crippen LogP contribution is 2.17. The van der Waals surface area contributed by atoms with Gasteiger partial charge in [-0.05, 0) is 31.4 Å². The van der Waals surface area contributed by atoms with Gasteiger partial charge in [-0.3, -0.25) is 9.59 Å². The van der Waals surface area contributed by atoms with Gasteiger partial charge in [0, 0.05) is 6.54 Å². The van der Waals surface area contributed by atoms with Crippen molar-refractivity contribution in [1.82, 2.24) is 20.3 Å². The summed E-state index contributed by atoms with van der Waals surface area (Å²) in [5, 5.41) is 10.9. The van der Waals surface area contributed by atoms with Crippen LogP contribution in [0.25, 0.3) is 10.9 Å². The summed E-state index contributed by atoms with van der Waals surface area (Å²) < 4.78 is 23.9. The van der Waals surface area contributed by atoms with E-state index in [0.717, 1.165) is 4.68 Å². The summed E-state index contributed by atoms with van der Waals surface area (Å²) in [7, 11) is -2.98. The molecule has 0 radical (unpaired) electrons. The molecule has 0 bridgehead atoms. The second-order valence-corrected chi connectivity index (χ2v) is 8.28. The summed E-state index contributed by atoms with van der Waals surface area (Å²) in [5.74, 6) is -0.202. The van der Waals surface area contributed by atoms with Gasteiger partial charge < -0.3 is 5.32 Å². The SMILES string of the molecule is CC(C(=O)NCC1CCS(=O)(=O)C1)n1nnc2ccccc2c1=O. The van der Waals surface area contributed by atoms with Gasteiger partial charge in [0.15, 0.2) is 9.84 Å². The maximum absolute atomic E-state index is 12.4. The number of hydrogen-bond donors (Lipinski definition) is 1. The van der Waals surface area contributed by atoms with Crippen LogP contribution in [0.5, 0.6) is 0 Å². The molecule has 0 aliphatic carbocycles. The van der Waals surface area contributed by atoms with E-state index in [2.05, 4.69) is 15.6 Å². The lowest BCUT2D eigenvalue weighted by Crippen LogP contribution is -2.39. The molecule has 2 heterocycles. The first-order chi connectivity index (χ1) is 11.4. The second-order valence-electron chi connectivity index (χ2n) is 6.05. The maximum Gasteiger partial charge on any atom is 0.278 e. The van der Waals surface area contributed by atoms with Gasteiger partial charge in [-0.2, -0.15) is 4.68 Å². The van der Waals surface area contributed by atoms with E-state index >= 15 is 0 Å². The predicted molar refractivity (Wildman–Crippen MR) is 88.3 cm³/mol. The van der Waals surface area contributed by atoms with E-state index in [1.807, 2.05) is 0 Å². The third kappa shape index (κ3) is 3.30. The Bertz CT molecular complexity index is 938. The number of nitrogens with zero attached hydrogens (tertiary/aromatic N) is 3. The summed E-state index contributed by atoms with van der Waals surface area (Å²) in [5.41, 5.74) is 0.0919. The predicted octanol–water partition coefficient (Wildman–Crippen LogP) is -0.0966. The van der Waals surface area contributed by atoms with Crippen molar-refractivity contribution in [2.24, 2.45) is 5.92 Å². The van der Waals surface area contributed by atoms with Gasteiger partial charge in [-0.1, -0.05) is 17.3 Å². The number of carbonyl (C=O) groups is 1. The zero-order valence-corrected chi connectivity index (χ0v) is 14.0. The monoisotopic (exact) mass is 350 g/mol. The quantitative estimate of drug-likeness (QED) is 0.824. The fourth-order valence-corrected chi connectivity index (χ4v) is 4.65. The van der Waals surface area contributed by atoms with Crippen molar-refractivity contribution in [2.45, 2.75) is 19.4 Å². The van der Waals surface area contributed by atoms with E-state index in [-0.39, 0.29) is 35.4 Å². The Morgan fingerprint density at radius 2 is 2.17 bits per heavy atom. The van der Waals surface area contributed by atoms with Crippen molar-refractivity contribution >= 4 is 26.6 Å². The number of amides is 1. The van der Waals surface area contributed by atoms with Crippen LogP contribution in [0.1, 0.15) is 19.4 Å². The molecule has 1 N–H and O–H groups in total. The molecule has 1 aromatic carbocycles. The summed E-state index contributed by atoms with van der Waals surface area (Å²) >= 11 is 0. The highest BCUT2D eigenvalue weighted by Gasteiger charge is 2.28. The lowest BCUT2D eigenvalue weighted by molar-refractivity contribution is -0.124. The van der Waals surface area contributed by atoms with Gasteiger partial charge in [0.1, 0.15) is 11.6 Å². The Morgan fingerprint density at radius 1 is 1.42 bits per heavy atom. The van der Waals surface area contributed by atoms with Crippen LogP contribution in [0.15, 0.2) is 29.1 Å². The van der Waals surface area contributed by atoms with E-state index in [0.29, 0.717) is 17.3 Å². The van der Waals surface area contributed by atoms with Gasteiger partial charge >= 0.3 is 0 Å². The number of nitrogens with one attached hydrogen (secondary N) is 1. The number of carbonyl (C=O) groups excluding carboxylic acids is 1. The van der Waals surface area contributed by atoms with Gasteiger partial charge in [0.25, 0.3) is 5.56 Å². The largest absolute Gasteiger partial charge is 0.354 e. The van der Waals surface area contributed by atoms with Gasteiger partial charge in [-0.25, -0.2) is 8.42 Å². The normalized spacial score (nSPS) is 20.8. The number of aromatic nitrogens is 3. The molecule has 9 heteroatoms. The summed E-state index contributed by atoms with van der Waals surface area (Å²) in [4.78, 5) is 24.7. The van der Waals surface area contributed by atoms with E-state index in [1.54, 1.807) is 31.2 Å². The molecular formula is C15H18N4O4S. The topological polar surface area (TPSA) is 111 Å². The first kappa shape index (κ1) is 16.6. The molecule has 1 fully saturated rings. The zero-order chi connectivity index (χ0) is 17.3. The molecule has 2 aromatic rings. The lowest BCUT2D eigenvalue weighted by Gasteiger charge is -2.15. The minimum Gasteiger partial charge on any atom is -0.354 e. The van der Waals surface area contributed by atoms with Crippen LogP contribution in [0.3, 0.4) is 0 Å². The fraction of sp³-hybridized carbons (Fsp3) is 0.467. The number of sulfone groups is 1. The molecular weight excluding hydrogens is 332 g/mol. The number of benzene rings is 1. The molecule has 1 aliphatic rings. The summed E-state index contributed by atoms with van der Waals surface area (Å²) in [6.45, 7) is 1.84. The van der Waals surface area contributed by atoms with Crippen molar-refractivity contribution in [3.05, 3.63) is 34.6 Å². The molecule has 1 amide bonds. The zero-order valence-electron chi connectivity index (χ0n) is 13.2. The van der Waals surface area contributed by atoms with Crippen molar-refractivity contribution in [2.75, 3.05) is 18.1 Å². The number of rotatable bonds is 4. The Hall–Kier alpha value is -2.29. The number of hydrogen-bond acceptors (Lipinski definition) is 6. The van der Waals surface area contributed by atoms with E-state index in [1.165, 1.54) is 0 Å². The Balaban J connectivity index is 1.72. The van der Waals surface area contributed by atoms with Crippen LogP contribution >= 0.6 is 0 Å². The summed E-state index contributed by atoms with van der Waals surface area (Å²) in [6, 6.07) is 5.97. The highest BCUT2D eigenvalue weighted by atomic mass is 32.2. The third-order valence-electron chi connectivity index (χ3n) is 4.23. The van der Waals surface area contributed by atoms with Crippen LogP contribution in [0.2, 0.25) is 0 Å². The molecule has 1 saturated heterocycles. The van der Waals surface area contributed by atoms with Crippen molar-refractivity contribution in [3.8, 4) is 0 Å². The van der Waals surface area contributed by atoms with Crippen LogP contribution < -0.4 is 10.9 Å². The van der Waals surface area contributed by atoms with E-state index in [9.17, 15) is 18.0 Å². The average molecular weight is 350 g/mol. The molecule has 2 atom stereocenters. The lowest BCUT2D eigenvalue weighted by atomic mass is 10.1. The first-order valence-corrected chi connectivity index (χ1v) is 9.52. The van der Waals surface area contributed by atoms with Gasteiger partial charge in [0.2, 0.25) is 5.91 Å². The van der Waals surface area contributed by atoms with Crippen LogP contribution in [-0.4, -0.2) is 47.4 Å². The Kier molecular flexibility index (Phi) is 4.35. The van der Waals surface area contributed by atoms with Crippen molar-refractivity contribution < 1.29 is 13.2 Å². The standard InChI is InChI=1S/C15H18N4O4S/c1-10(14(20)16-8-11-6-7-24(22,23)9-11)19-15(21)12-4-2-3-5-13(12)17-18-19/h2-5,10-11H,6-9H2,1H3,(H,16,20). The summed E-state index contributed by atoms with van der Waals surface area (Å²) in [6.07, 6.45) is 0.548. The minimum absolute atomic E-state index is 0.0782. The molecule has 1 aliphatic heterocycles. The minimum atomic E-state index is -2.98. The molecule has 0 saturated carbocycles. The van der Waals surface area contributed by atoms with Crippen molar-refractivity contribution in [1.29, 1.82) is 0 Å². The van der Waals surface area contributed by atoms with Crippen LogP contribution in [0.4, 0.5) is 0 Å². The average Bonchev–Trinajstić information content (AvgIpc) is 2.92. The van der Waals surface area contributed by atoms with E-state index in [4.69, 9.17) is 0 Å². The van der Waals surface area contributed by atoms with Gasteiger partial charge in [0.05, 0.1) is 16.9 Å². The fourth-order valence-electron chi connectivity index (χ4n) is 2.79. The Labute approximate surface area is 138 Å². The highest BCUT2D eigenvalue weighted by molar-refractivity contribution is 7.91. The molecule has 128 valence electrons. The van der Waals surface area contributed by atoms with E-state index < -0.39 is 15.9 Å². The van der Waals surface area contributed by atoms with Gasteiger partial charge in [-0.15, -0.1) is 5.10 Å². The molecule has 2 unspecified atom stereocenters. The second kappa shape index (κ2) is 6.31. The third-order valence-corrected chi connectivity index (χ3v) is 6.07. The molecule has 1 aromatic heterocycles. The van der Waals surface area contributed by atoms with Crippen LogP contribution in [0, 0.1) is 5.92 Å². The van der Waals surface area contributed by atoms with Crippen molar-refractivity contribution in [3.63, 3.8) is 0 Å². The molecule has 3 rings (SSSR count). The first-order valence-electron chi connectivity index (χ1n) is 7.70.